The van der Waals surface area contributed by atoms with Gasteiger partial charge in [0, 0.05) is 23.9 Å². The first-order valence-electron chi connectivity index (χ1n) is 7.78. The Hall–Kier alpha value is -3.25. The zero-order chi connectivity index (χ0) is 18.5. The van der Waals surface area contributed by atoms with Gasteiger partial charge in [0.15, 0.2) is 0 Å². The number of hydrogen-bond donors (Lipinski definition) is 1. The van der Waals surface area contributed by atoms with Crippen molar-refractivity contribution in [2.75, 3.05) is 0 Å². The third kappa shape index (κ3) is 4.04. The molecular formula is C20H15NO4S. The number of rotatable bonds is 5. The van der Waals surface area contributed by atoms with Crippen LogP contribution >= 0.6 is 11.3 Å². The molecule has 1 N–H and O–H groups in total. The predicted molar refractivity (Wildman–Crippen MR) is 101 cm³/mol. The van der Waals surface area contributed by atoms with Crippen molar-refractivity contribution in [1.29, 1.82) is 0 Å². The van der Waals surface area contributed by atoms with Gasteiger partial charge in [-0.15, -0.1) is 11.3 Å². The van der Waals surface area contributed by atoms with Crippen LogP contribution in [-0.4, -0.2) is 22.0 Å². The van der Waals surface area contributed by atoms with E-state index in [0.717, 1.165) is 17.3 Å². The number of esters is 1. The molecule has 3 rings (SSSR count). The predicted octanol–water partition coefficient (Wildman–Crippen LogP) is 4.50. The maximum Gasteiger partial charge on any atom is 0.328 e. The maximum atomic E-state index is 11.4. The van der Waals surface area contributed by atoms with Crippen molar-refractivity contribution in [3.05, 3.63) is 65.6 Å². The third-order valence-electron chi connectivity index (χ3n) is 3.51. The summed E-state index contributed by atoms with van der Waals surface area (Å²) in [5.41, 5.74) is 2.98. The number of aliphatic carboxylic acids is 1. The second kappa shape index (κ2) is 7.76. The van der Waals surface area contributed by atoms with Gasteiger partial charge in [0.2, 0.25) is 0 Å². The summed E-state index contributed by atoms with van der Waals surface area (Å²) in [5, 5.41) is 11.5. The summed E-state index contributed by atoms with van der Waals surface area (Å²) in [6, 6.07) is 14.8. The van der Waals surface area contributed by atoms with Crippen LogP contribution in [0, 0.1) is 0 Å². The highest BCUT2D eigenvalue weighted by molar-refractivity contribution is 7.13. The molecule has 0 radical (unpaired) electrons. The minimum Gasteiger partial charge on any atom is -0.478 e. The number of carbonyl (C=O) groups is 2. The van der Waals surface area contributed by atoms with Gasteiger partial charge in [-0.25, -0.2) is 9.78 Å². The molecule has 6 heteroatoms. The van der Waals surface area contributed by atoms with Gasteiger partial charge < -0.3 is 9.84 Å². The molecule has 2 aromatic carbocycles. The minimum atomic E-state index is -1.06. The lowest BCUT2D eigenvalue weighted by molar-refractivity contribution is -0.132. The standard InChI is InChI=1S/C20H15NO4S/c1-13(22)25-17-9-5-8-15(10-11-18(23)24)19(17)20-21-16(12-26-20)14-6-3-2-4-7-14/h2-12H,1H3,(H,23,24). The SMILES string of the molecule is CC(=O)Oc1cccc(C=CC(=O)O)c1-c1nc(-c2ccccc2)cs1. The van der Waals surface area contributed by atoms with Crippen LogP contribution in [0.1, 0.15) is 12.5 Å². The van der Waals surface area contributed by atoms with E-state index in [2.05, 4.69) is 4.98 Å². The molecule has 0 saturated heterocycles. The highest BCUT2D eigenvalue weighted by atomic mass is 32.1. The lowest BCUT2D eigenvalue weighted by Gasteiger charge is -2.10. The smallest absolute Gasteiger partial charge is 0.328 e. The summed E-state index contributed by atoms with van der Waals surface area (Å²) in [5.74, 6) is -1.16. The van der Waals surface area contributed by atoms with Crippen molar-refractivity contribution < 1.29 is 19.4 Å². The number of thiazole rings is 1. The number of nitrogens with zero attached hydrogens (tertiary/aromatic N) is 1. The quantitative estimate of drug-likeness (QED) is 0.409. The molecule has 0 atom stereocenters. The monoisotopic (exact) mass is 365 g/mol. The molecule has 0 unspecified atom stereocenters. The second-order valence-corrected chi connectivity index (χ2v) is 6.25. The van der Waals surface area contributed by atoms with Gasteiger partial charge in [0.1, 0.15) is 10.8 Å². The Morgan fingerprint density at radius 1 is 1.12 bits per heavy atom. The first kappa shape index (κ1) is 17.6. The normalized spacial score (nSPS) is 10.8. The van der Waals surface area contributed by atoms with Crippen molar-refractivity contribution in [1.82, 2.24) is 4.98 Å². The van der Waals surface area contributed by atoms with E-state index in [-0.39, 0.29) is 0 Å². The maximum absolute atomic E-state index is 11.4. The van der Waals surface area contributed by atoms with Gasteiger partial charge in [0.05, 0.1) is 11.3 Å². The summed E-state index contributed by atoms with van der Waals surface area (Å²) in [6.07, 6.45) is 2.51. The summed E-state index contributed by atoms with van der Waals surface area (Å²) >= 11 is 1.40. The molecule has 1 aromatic heterocycles. The molecule has 0 aliphatic rings. The Balaban J connectivity index is 2.11. The fraction of sp³-hybridized carbons (Fsp3) is 0.0500. The summed E-state index contributed by atoms with van der Waals surface area (Å²) in [7, 11) is 0. The van der Waals surface area contributed by atoms with Crippen LogP contribution in [0.3, 0.4) is 0 Å². The Bertz CT molecular complexity index is 976. The van der Waals surface area contributed by atoms with Crippen LogP contribution in [0.25, 0.3) is 27.9 Å². The van der Waals surface area contributed by atoms with E-state index < -0.39 is 11.9 Å². The number of carboxylic acids is 1. The first-order valence-corrected chi connectivity index (χ1v) is 8.66. The molecule has 3 aromatic rings. The first-order chi connectivity index (χ1) is 12.5. The Labute approximate surface area is 154 Å². The van der Waals surface area contributed by atoms with E-state index >= 15 is 0 Å². The Morgan fingerprint density at radius 2 is 1.88 bits per heavy atom. The van der Waals surface area contributed by atoms with E-state index in [0.29, 0.717) is 21.9 Å². The lowest BCUT2D eigenvalue weighted by atomic mass is 10.1. The van der Waals surface area contributed by atoms with Gasteiger partial charge in [-0.3, -0.25) is 4.79 Å². The molecule has 0 spiro atoms. The topological polar surface area (TPSA) is 76.5 Å². The van der Waals surface area contributed by atoms with Crippen LogP contribution in [0.4, 0.5) is 0 Å². The Kier molecular flexibility index (Phi) is 5.24. The van der Waals surface area contributed by atoms with E-state index in [9.17, 15) is 9.59 Å². The number of ether oxygens (including phenoxy) is 1. The van der Waals surface area contributed by atoms with Crippen molar-refractivity contribution in [2.24, 2.45) is 0 Å². The fourth-order valence-electron chi connectivity index (χ4n) is 2.45. The molecule has 1 heterocycles. The number of aromatic nitrogens is 1. The van der Waals surface area contributed by atoms with E-state index in [1.54, 1.807) is 18.2 Å². The fourth-order valence-corrected chi connectivity index (χ4v) is 3.35. The molecule has 0 aliphatic heterocycles. The van der Waals surface area contributed by atoms with Crippen LogP contribution in [0.5, 0.6) is 5.75 Å². The Morgan fingerprint density at radius 3 is 2.58 bits per heavy atom. The highest BCUT2D eigenvalue weighted by Crippen LogP contribution is 2.38. The molecule has 5 nitrogen and oxygen atoms in total. The second-order valence-electron chi connectivity index (χ2n) is 5.39. The van der Waals surface area contributed by atoms with Gasteiger partial charge in [-0.2, -0.15) is 0 Å². The molecular weight excluding hydrogens is 350 g/mol. The van der Waals surface area contributed by atoms with Crippen molar-refractivity contribution in [3.63, 3.8) is 0 Å². The van der Waals surface area contributed by atoms with Crippen LogP contribution in [0.2, 0.25) is 0 Å². The van der Waals surface area contributed by atoms with Crippen LogP contribution < -0.4 is 4.74 Å². The minimum absolute atomic E-state index is 0.346. The van der Waals surface area contributed by atoms with Gasteiger partial charge in [0.25, 0.3) is 0 Å². The van der Waals surface area contributed by atoms with Gasteiger partial charge in [-0.05, 0) is 17.7 Å². The molecule has 0 amide bonds. The lowest BCUT2D eigenvalue weighted by Crippen LogP contribution is -2.03. The third-order valence-corrected chi connectivity index (χ3v) is 4.36. The number of carboxylic acid groups (broad SMARTS) is 1. The molecule has 0 fully saturated rings. The summed E-state index contributed by atoms with van der Waals surface area (Å²) in [6.45, 7) is 1.32. The average Bonchev–Trinajstić information content (AvgIpc) is 3.10. The zero-order valence-electron chi connectivity index (χ0n) is 13.9. The zero-order valence-corrected chi connectivity index (χ0v) is 14.7. The largest absolute Gasteiger partial charge is 0.478 e. The van der Waals surface area contributed by atoms with Crippen molar-refractivity contribution in [3.8, 4) is 27.6 Å². The number of carbonyl (C=O) groups excluding carboxylic acids is 1. The highest BCUT2D eigenvalue weighted by Gasteiger charge is 2.16. The van der Waals surface area contributed by atoms with Crippen molar-refractivity contribution in [2.45, 2.75) is 6.92 Å². The molecule has 0 saturated carbocycles. The molecule has 0 bridgehead atoms. The van der Waals surface area contributed by atoms with E-state index in [1.807, 2.05) is 35.7 Å². The van der Waals surface area contributed by atoms with Crippen LogP contribution in [0.15, 0.2) is 60.0 Å². The molecule has 130 valence electrons. The number of benzene rings is 2. The molecule has 0 aliphatic carbocycles. The van der Waals surface area contributed by atoms with E-state index in [4.69, 9.17) is 9.84 Å². The summed E-state index contributed by atoms with van der Waals surface area (Å²) < 4.78 is 5.31. The van der Waals surface area contributed by atoms with Gasteiger partial charge in [-0.1, -0.05) is 42.5 Å². The molecule has 26 heavy (non-hydrogen) atoms. The number of hydrogen-bond acceptors (Lipinski definition) is 5. The van der Waals surface area contributed by atoms with Gasteiger partial charge >= 0.3 is 11.9 Å². The van der Waals surface area contributed by atoms with E-state index in [1.165, 1.54) is 24.3 Å². The van der Waals surface area contributed by atoms with Crippen molar-refractivity contribution >= 4 is 29.4 Å². The summed E-state index contributed by atoms with van der Waals surface area (Å²) in [4.78, 5) is 27.0. The average molecular weight is 365 g/mol. The van der Waals surface area contributed by atoms with Crippen LogP contribution in [-0.2, 0) is 9.59 Å².